The Morgan fingerprint density at radius 2 is 1.96 bits per heavy atom. The van der Waals surface area contributed by atoms with Crippen LogP contribution in [0, 0.1) is 11.8 Å². The first-order valence-electron chi connectivity index (χ1n) is 8.67. The van der Waals surface area contributed by atoms with E-state index in [1.54, 1.807) is 0 Å². The van der Waals surface area contributed by atoms with Crippen LogP contribution in [0.4, 0.5) is 0 Å². The summed E-state index contributed by atoms with van der Waals surface area (Å²) in [4.78, 5) is 24.6. The van der Waals surface area contributed by atoms with E-state index in [0.717, 1.165) is 32.4 Å². The summed E-state index contributed by atoms with van der Waals surface area (Å²) in [6.45, 7) is 4.22. The van der Waals surface area contributed by atoms with Crippen LogP contribution in [-0.4, -0.2) is 37.6 Å². The molecule has 2 atom stereocenters. The third-order valence-corrected chi connectivity index (χ3v) is 5.31. The van der Waals surface area contributed by atoms with Crippen LogP contribution >= 0.6 is 12.4 Å². The molecule has 1 saturated heterocycles. The fourth-order valence-corrected chi connectivity index (χ4v) is 3.87. The molecule has 1 heterocycles. The van der Waals surface area contributed by atoms with Gasteiger partial charge in [-0.25, -0.2) is 4.79 Å². The Hall–Kier alpha value is -0.810. The van der Waals surface area contributed by atoms with Gasteiger partial charge in [-0.05, 0) is 50.6 Å². The summed E-state index contributed by atoms with van der Waals surface area (Å²) in [6, 6.07) is 0. The van der Waals surface area contributed by atoms with E-state index in [9.17, 15) is 9.59 Å². The molecule has 1 aliphatic carbocycles. The summed E-state index contributed by atoms with van der Waals surface area (Å²) in [6.07, 6.45) is 7.32. The Morgan fingerprint density at radius 3 is 2.52 bits per heavy atom. The van der Waals surface area contributed by atoms with Crippen LogP contribution < -0.4 is 10.6 Å². The topological polar surface area (TPSA) is 67.4 Å². The summed E-state index contributed by atoms with van der Waals surface area (Å²) in [5, 5.41) is 6.42. The zero-order valence-corrected chi connectivity index (χ0v) is 15.2. The predicted octanol–water partition coefficient (Wildman–Crippen LogP) is 2.43. The fraction of sp³-hybridized carbons (Fsp3) is 0.882. The second-order valence-electron chi connectivity index (χ2n) is 6.97. The van der Waals surface area contributed by atoms with Gasteiger partial charge in [-0.15, -0.1) is 12.4 Å². The second kappa shape index (κ2) is 9.48. The van der Waals surface area contributed by atoms with Crippen molar-refractivity contribution in [2.75, 3.05) is 20.2 Å². The molecule has 2 N–H and O–H groups in total. The number of methoxy groups -OCH3 is 1. The highest BCUT2D eigenvalue weighted by atomic mass is 35.5. The molecule has 0 radical (unpaired) electrons. The number of carbonyl (C=O) groups is 2. The van der Waals surface area contributed by atoms with E-state index in [1.807, 2.05) is 0 Å². The van der Waals surface area contributed by atoms with E-state index in [2.05, 4.69) is 17.6 Å². The molecule has 2 aliphatic rings. The van der Waals surface area contributed by atoms with Crippen molar-refractivity contribution in [3.05, 3.63) is 0 Å². The Labute approximate surface area is 145 Å². The molecule has 2 fully saturated rings. The minimum Gasteiger partial charge on any atom is -0.467 e. The maximum absolute atomic E-state index is 12.5. The van der Waals surface area contributed by atoms with Crippen molar-refractivity contribution < 1.29 is 14.3 Å². The zero-order valence-electron chi connectivity index (χ0n) is 14.4. The van der Waals surface area contributed by atoms with E-state index in [4.69, 9.17) is 4.74 Å². The van der Waals surface area contributed by atoms with Gasteiger partial charge in [-0.2, -0.15) is 0 Å². The fourth-order valence-electron chi connectivity index (χ4n) is 3.87. The number of piperidine rings is 1. The molecular weight excluding hydrogens is 316 g/mol. The Morgan fingerprint density at radius 1 is 1.26 bits per heavy atom. The molecule has 0 bridgehead atoms. The van der Waals surface area contributed by atoms with Crippen molar-refractivity contribution in [2.24, 2.45) is 11.8 Å². The van der Waals surface area contributed by atoms with Crippen LogP contribution in [0.15, 0.2) is 0 Å². The number of halogens is 1. The van der Waals surface area contributed by atoms with E-state index >= 15 is 0 Å². The van der Waals surface area contributed by atoms with Gasteiger partial charge in [-0.1, -0.05) is 26.2 Å². The highest BCUT2D eigenvalue weighted by molar-refractivity contribution is 5.88. The maximum Gasteiger partial charge on any atom is 0.331 e. The molecule has 134 valence electrons. The molecule has 1 aliphatic heterocycles. The Balaban J connectivity index is 0.00000264. The van der Waals surface area contributed by atoms with Gasteiger partial charge < -0.3 is 15.4 Å². The molecule has 23 heavy (non-hydrogen) atoms. The molecule has 1 saturated carbocycles. The molecule has 6 heteroatoms. The Kier molecular flexibility index (Phi) is 8.34. The number of carbonyl (C=O) groups excluding carboxylic acids is 2. The first kappa shape index (κ1) is 20.2. The third-order valence-electron chi connectivity index (χ3n) is 5.31. The lowest BCUT2D eigenvalue weighted by atomic mass is 9.80. The SMILES string of the molecule is COC(=O)C1(NC(=O)CC(C)C2CCCNC2)CCCCC1.Cl. The van der Waals surface area contributed by atoms with Crippen molar-refractivity contribution in [1.82, 2.24) is 10.6 Å². The van der Waals surface area contributed by atoms with Crippen LogP contribution in [0.2, 0.25) is 0 Å². The van der Waals surface area contributed by atoms with Crippen LogP contribution in [-0.2, 0) is 14.3 Å². The molecular formula is C17H31ClN2O3. The van der Waals surface area contributed by atoms with Gasteiger partial charge in [0.1, 0.15) is 5.54 Å². The predicted molar refractivity (Wildman–Crippen MR) is 92.6 cm³/mol. The number of amides is 1. The monoisotopic (exact) mass is 346 g/mol. The van der Waals surface area contributed by atoms with E-state index in [1.165, 1.54) is 20.0 Å². The second-order valence-corrected chi connectivity index (χ2v) is 6.97. The lowest BCUT2D eigenvalue weighted by Crippen LogP contribution is -2.56. The average molecular weight is 347 g/mol. The van der Waals surface area contributed by atoms with Crippen molar-refractivity contribution in [3.63, 3.8) is 0 Å². The van der Waals surface area contributed by atoms with Crippen LogP contribution in [0.5, 0.6) is 0 Å². The van der Waals surface area contributed by atoms with Gasteiger partial charge in [0, 0.05) is 6.42 Å². The molecule has 2 unspecified atom stereocenters. The highest BCUT2D eigenvalue weighted by Gasteiger charge is 2.42. The summed E-state index contributed by atoms with van der Waals surface area (Å²) in [5.74, 6) is 0.601. The number of hydrogen-bond acceptors (Lipinski definition) is 4. The van der Waals surface area contributed by atoms with Crippen LogP contribution in [0.25, 0.3) is 0 Å². The number of esters is 1. The number of ether oxygens (including phenoxy) is 1. The molecule has 0 spiro atoms. The molecule has 1 amide bonds. The van der Waals surface area contributed by atoms with E-state index < -0.39 is 5.54 Å². The normalized spacial score (nSPS) is 24.9. The number of nitrogens with one attached hydrogen (secondary N) is 2. The first-order valence-corrected chi connectivity index (χ1v) is 8.67. The lowest BCUT2D eigenvalue weighted by Gasteiger charge is -2.36. The van der Waals surface area contributed by atoms with Crippen molar-refractivity contribution >= 4 is 24.3 Å². The van der Waals surface area contributed by atoms with Crippen molar-refractivity contribution in [1.29, 1.82) is 0 Å². The van der Waals surface area contributed by atoms with Gasteiger partial charge in [0.25, 0.3) is 0 Å². The summed E-state index contributed by atoms with van der Waals surface area (Å²) in [5.41, 5.74) is -0.783. The first-order chi connectivity index (χ1) is 10.6. The number of rotatable bonds is 5. The zero-order chi connectivity index (χ0) is 16.0. The number of hydrogen-bond donors (Lipinski definition) is 2. The smallest absolute Gasteiger partial charge is 0.331 e. The van der Waals surface area contributed by atoms with Gasteiger partial charge in [0.2, 0.25) is 5.91 Å². The van der Waals surface area contributed by atoms with Crippen molar-refractivity contribution in [3.8, 4) is 0 Å². The van der Waals surface area contributed by atoms with Crippen LogP contribution in [0.3, 0.4) is 0 Å². The van der Waals surface area contributed by atoms with Gasteiger partial charge in [0.05, 0.1) is 7.11 Å². The minimum atomic E-state index is -0.783. The quantitative estimate of drug-likeness (QED) is 0.750. The van der Waals surface area contributed by atoms with Crippen LogP contribution in [0.1, 0.15) is 58.3 Å². The molecule has 5 nitrogen and oxygen atoms in total. The molecule has 0 aromatic rings. The minimum absolute atomic E-state index is 0. The van der Waals surface area contributed by atoms with E-state index in [-0.39, 0.29) is 24.3 Å². The molecule has 0 aromatic carbocycles. The maximum atomic E-state index is 12.5. The highest BCUT2D eigenvalue weighted by Crippen LogP contribution is 2.30. The lowest BCUT2D eigenvalue weighted by molar-refractivity contribution is -0.152. The third kappa shape index (κ3) is 5.35. The summed E-state index contributed by atoms with van der Waals surface area (Å²) < 4.78 is 4.95. The Bertz CT molecular complexity index is 391. The molecule has 2 rings (SSSR count). The van der Waals surface area contributed by atoms with Gasteiger partial charge in [-0.3, -0.25) is 4.79 Å². The largest absolute Gasteiger partial charge is 0.467 e. The van der Waals surface area contributed by atoms with E-state index in [0.29, 0.717) is 31.1 Å². The van der Waals surface area contributed by atoms with Gasteiger partial charge in [0.15, 0.2) is 0 Å². The van der Waals surface area contributed by atoms with Crippen molar-refractivity contribution in [2.45, 2.75) is 63.8 Å². The standard InChI is InChI=1S/C17H30N2O3.ClH/c1-13(14-7-6-10-18-12-14)11-15(20)19-17(16(21)22-2)8-4-3-5-9-17;/h13-14,18H,3-12H2,1-2H3,(H,19,20);1H. The summed E-state index contributed by atoms with van der Waals surface area (Å²) >= 11 is 0. The van der Waals surface area contributed by atoms with Gasteiger partial charge >= 0.3 is 5.97 Å². The summed E-state index contributed by atoms with van der Waals surface area (Å²) in [7, 11) is 1.40. The molecule has 0 aromatic heterocycles. The average Bonchev–Trinajstić information content (AvgIpc) is 2.55.